The fourth-order valence-electron chi connectivity index (χ4n) is 3.33. The molecule has 0 heterocycles. The van der Waals surface area contributed by atoms with E-state index in [0.717, 1.165) is 19.3 Å². The van der Waals surface area contributed by atoms with Crippen LogP contribution in [0.25, 0.3) is 0 Å². The second-order valence-corrected chi connectivity index (χ2v) is 6.30. The molecule has 0 amide bonds. The van der Waals surface area contributed by atoms with Crippen LogP contribution in [0.15, 0.2) is 24.3 Å². The van der Waals surface area contributed by atoms with E-state index >= 15 is 0 Å². The van der Waals surface area contributed by atoms with E-state index in [-0.39, 0.29) is 0 Å². The van der Waals surface area contributed by atoms with Crippen molar-refractivity contribution in [2.75, 3.05) is 0 Å². The topological polar surface area (TPSA) is 0 Å². The molecule has 0 unspecified atom stereocenters. The van der Waals surface area contributed by atoms with Gasteiger partial charge in [-0.1, -0.05) is 49.2 Å². The standard InChI is InChI=1S/C21H28/c1-7-18-9-14(3)11-20(16(18)5)13-21-12-15(4)10-19(8-2)17(21)6/h9-12H,7-8,13H2,1-6H3. The van der Waals surface area contributed by atoms with E-state index in [4.69, 9.17) is 0 Å². The number of aryl methyl sites for hydroxylation is 4. The van der Waals surface area contributed by atoms with Gasteiger partial charge in [-0.2, -0.15) is 0 Å². The molecular weight excluding hydrogens is 252 g/mol. The van der Waals surface area contributed by atoms with Crippen molar-refractivity contribution in [3.8, 4) is 0 Å². The van der Waals surface area contributed by atoms with Gasteiger partial charge in [0, 0.05) is 0 Å². The van der Waals surface area contributed by atoms with E-state index in [9.17, 15) is 0 Å². The van der Waals surface area contributed by atoms with Crippen LogP contribution in [-0.4, -0.2) is 0 Å². The monoisotopic (exact) mass is 280 g/mol. The Hall–Kier alpha value is -1.56. The summed E-state index contributed by atoms with van der Waals surface area (Å²) in [5, 5.41) is 0. The van der Waals surface area contributed by atoms with E-state index in [1.165, 1.54) is 44.5 Å². The van der Waals surface area contributed by atoms with Crippen molar-refractivity contribution in [3.63, 3.8) is 0 Å². The van der Waals surface area contributed by atoms with Crippen LogP contribution in [0.1, 0.15) is 58.4 Å². The summed E-state index contributed by atoms with van der Waals surface area (Å²) in [6, 6.07) is 9.39. The summed E-state index contributed by atoms with van der Waals surface area (Å²) in [5.41, 5.74) is 11.7. The van der Waals surface area contributed by atoms with Crippen LogP contribution in [0, 0.1) is 27.7 Å². The Morgan fingerprint density at radius 2 is 0.905 bits per heavy atom. The molecule has 0 fully saturated rings. The van der Waals surface area contributed by atoms with Gasteiger partial charge >= 0.3 is 0 Å². The summed E-state index contributed by atoms with van der Waals surface area (Å²) in [5.74, 6) is 0. The zero-order chi connectivity index (χ0) is 15.6. The first-order valence-corrected chi connectivity index (χ1v) is 8.14. The van der Waals surface area contributed by atoms with Crippen molar-refractivity contribution in [1.82, 2.24) is 0 Å². The Bertz CT molecular complexity index is 590. The Morgan fingerprint density at radius 1 is 0.571 bits per heavy atom. The van der Waals surface area contributed by atoms with Crippen molar-refractivity contribution in [3.05, 3.63) is 68.8 Å². The molecule has 0 aliphatic heterocycles. The maximum absolute atomic E-state index is 2.36. The molecule has 0 saturated heterocycles. The quantitative estimate of drug-likeness (QED) is 0.680. The Kier molecular flexibility index (Phi) is 4.88. The zero-order valence-electron chi connectivity index (χ0n) is 14.4. The predicted molar refractivity (Wildman–Crippen MR) is 93.4 cm³/mol. The molecule has 0 heteroatoms. The molecule has 0 radical (unpaired) electrons. The fourth-order valence-corrected chi connectivity index (χ4v) is 3.33. The van der Waals surface area contributed by atoms with Crippen molar-refractivity contribution in [1.29, 1.82) is 0 Å². The van der Waals surface area contributed by atoms with Gasteiger partial charge in [-0.3, -0.25) is 0 Å². The molecule has 0 atom stereocenters. The highest BCUT2D eigenvalue weighted by atomic mass is 14.1. The SMILES string of the molecule is CCc1cc(C)cc(Cc2cc(C)cc(CC)c2C)c1C. The average molecular weight is 280 g/mol. The number of hydrogen-bond donors (Lipinski definition) is 0. The third kappa shape index (κ3) is 3.37. The first kappa shape index (κ1) is 15.8. The van der Waals surface area contributed by atoms with Gasteiger partial charge in [0.2, 0.25) is 0 Å². The van der Waals surface area contributed by atoms with Gasteiger partial charge in [0.1, 0.15) is 0 Å². The lowest BCUT2D eigenvalue weighted by Crippen LogP contribution is -2.01. The van der Waals surface area contributed by atoms with Gasteiger partial charge in [-0.05, 0) is 80.3 Å². The third-order valence-corrected chi connectivity index (χ3v) is 4.68. The summed E-state index contributed by atoms with van der Waals surface area (Å²) >= 11 is 0. The zero-order valence-corrected chi connectivity index (χ0v) is 14.4. The van der Waals surface area contributed by atoms with Crippen LogP contribution in [0.5, 0.6) is 0 Å². The largest absolute Gasteiger partial charge is 0.0613 e. The number of benzene rings is 2. The fraction of sp³-hybridized carbons (Fsp3) is 0.429. The highest BCUT2D eigenvalue weighted by Crippen LogP contribution is 2.24. The Balaban J connectivity index is 2.48. The first-order valence-electron chi connectivity index (χ1n) is 8.14. The van der Waals surface area contributed by atoms with Gasteiger partial charge in [-0.25, -0.2) is 0 Å². The van der Waals surface area contributed by atoms with Crippen molar-refractivity contribution in [2.45, 2.75) is 60.8 Å². The summed E-state index contributed by atoms with van der Waals surface area (Å²) in [4.78, 5) is 0. The molecule has 21 heavy (non-hydrogen) atoms. The van der Waals surface area contributed by atoms with E-state index < -0.39 is 0 Å². The van der Waals surface area contributed by atoms with Crippen LogP contribution in [0.3, 0.4) is 0 Å². The molecule has 2 aromatic rings. The molecule has 2 rings (SSSR count). The van der Waals surface area contributed by atoms with Crippen molar-refractivity contribution in [2.24, 2.45) is 0 Å². The van der Waals surface area contributed by atoms with Gasteiger partial charge in [0.05, 0.1) is 0 Å². The highest BCUT2D eigenvalue weighted by molar-refractivity contribution is 5.45. The molecule has 2 aromatic carbocycles. The second kappa shape index (κ2) is 6.47. The lowest BCUT2D eigenvalue weighted by Gasteiger charge is -2.16. The predicted octanol–water partition coefficient (Wildman–Crippen LogP) is 5.64. The van der Waals surface area contributed by atoms with Gasteiger partial charge in [0.25, 0.3) is 0 Å². The molecule has 0 aliphatic carbocycles. The van der Waals surface area contributed by atoms with Crippen LogP contribution in [0.4, 0.5) is 0 Å². The Labute approximate surface area is 130 Å². The molecule has 0 bridgehead atoms. The minimum atomic E-state index is 1.06. The van der Waals surface area contributed by atoms with Crippen LogP contribution >= 0.6 is 0 Å². The average Bonchev–Trinajstić information content (AvgIpc) is 2.45. The molecule has 112 valence electrons. The lowest BCUT2D eigenvalue weighted by molar-refractivity contribution is 1.02. The van der Waals surface area contributed by atoms with Gasteiger partial charge < -0.3 is 0 Å². The smallest absolute Gasteiger partial charge is 0.00201 e. The van der Waals surface area contributed by atoms with Crippen molar-refractivity contribution < 1.29 is 0 Å². The molecule has 0 N–H and O–H groups in total. The molecule has 0 aromatic heterocycles. The molecule has 0 spiro atoms. The maximum atomic E-state index is 2.36. The summed E-state index contributed by atoms with van der Waals surface area (Å²) < 4.78 is 0. The summed E-state index contributed by atoms with van der Waals surface area (Å²) in [6.07, 6.45) is 3.29. The second-order valence-electron chi connectivity index (χ2n) is 6.30. The molecule has 0 saturated carbocycles. The number of rotatable bonds is 4. The molecular formula is C21H28. The Morgan fingerprint density at radius 3 is 1.24 bits per heavy atom. The normalized spacial score (nSPS) is 11.0. The van der Waals surface area contributed by atoms with Crippen molar-refractivity contribution >= 4 is 0 Å². The van der Waals surface area contributed by atoms with E-state index in [1.54, 1.807) is 0 Å². The van der Waals surface area contributed by atoms with E-state index in [2.05, 4.69) is 65.8 Å². The lowest BCUT2D eigenvalue weighted by atomic mass is 9.89. The highest BCUT2D eigenvalue weighted by Gasteiger charge is 2.09. The third-order valence-electron chi connectivity index (χ3n) is 4.68. The van der Waals surface area contributed by atoms with E-state index in [0.29, 0.717) is 0 Å². The molecule has 0 nitrogen and oxygen atoms in total. The minimum absolute atomic E-state index is 1.06. The maximum Gasteiger partial charge on any atom is -0.00201 e. The van der Waals surface area contributed by atoms with Crippen LogP contribution in [0.2, 0.25) is 0 Å². The van der Waals surface area contributed by atoms with E-state index in [1.807, 2.05) is 0 Å². The van der Waals surface area contributed by atoms with Crippen LogP contribution in [-0.2, 0) is 19.3 Å². The first-order chi connectivity index (χ1) is 9.96. The minimum Gasteiger partial charge on any atom is -0.0613 e. The van der Waals surface area contributed by atoms with Crippen LogP contribution < -0.4 is 0 Å². The van der Waals surface area contributed by atoms with Gasteiger partial charge in [0.15, 0.2) is 0 Å². The number of hydrogen-bond acceptors (Lipinski definition) is 0. The van der Waals surface area contributed by atoms with Gasteiger partial charge in [-0.15, -0.1) is 0 Å². The summed E-state index contributed by atoms with van der Waals surface area (Å²) in [7, 11) is 0. The molecule has 0 aliphatic rings. The summed E-state index contributed by atoms with van der Waals surface area (Å²) in [6.45, 7) is 13.5.